The van der Waals surface area contributed by atoms with Crippen molar-refractivity contribution in [2.45, 2.75) is 44.4 Å². The molecule has 0 bridgehead atoms. The molecule has 1 aliphatic heterocycles. The van der Waals surface area contributed by atoms with Crippen molar-refractivity contribution in [3.63, 3.8) is 0 Å². The van der Waals surface area contributed by atoms with Gasteiger partial charge in [0.25, 0.3) is 0 Å². The van der Waals surface area contributed by atoms with Gasteiger partial charge in [0.2, 0.25) is 12.7 Å². The lowest BCUT2D eigenvalue weighted by molar-refractivity contribution is -0.118. The molecule has 6 heteroatoms. The van der Waals surface area contributed by atoms with Gasteiger partial charge in [0.05, 0.1) is 16.6 Å². The van der Waals surface area contributed by atoms with Crippen LogP contribution in [0, 0.1) is 5.82 Å². The number of benzene rings is 2. The Morgan fingerprint density at radius 2 is 1.86 bits per heavy atom. The number of halogens is 1. The van der Waals surface area contributed by atoms with E-state index in [0.29, 0.717) is 17.0 Å². The van der Waals surface area contributed by atoms with E-state index >= 15 is 4.39 Å². The van der Waals surface area contributed by atoms with E-state index in [2.05, 4.69) is 31.1 Å². The second kappa shape index (κ2) is 5.99. The molecule has 29 heavy (non-hydrogen) atoms. The summed E-state index contributed by atoms with van der Waals surface area (Å²) in [7, 11) is 0. The molecule has 0 spiro atoms. The number of amides is 1. The lowest BCUT2D eigenvalue weighted by atomic mass is 9.92. The molecule has 5 rings (SSSR count). The standard InChI is InChI=1S/C23H23FN2O3/c1-22(2,3)18-10-13-4-6-15(19(24)20(13)26-18)25-21(27)23(8-9-23)14-5-7-16-17(11-14)29-12-28-16/h4-7,10-11,26H,8-9,12H2,1-3H3,(H,25,27). The van der Waals surface area contributed by atoms with Crippen LogP contribution in [0.2, 0.25) is 0 Å². The highest BCUT2D eigenvalue weighted by molar-refractivity contribution is 6.02. The lowest BCUT2D eigenvalue weighted by Gasteiger charge is -2.17. The molecule has 1 fully saturated rings. The maximum Gasteiger partial charge on any atom is 0.235 e. The van der Waals surface area contributed by atoms with Crippen molar-refractivity contribution in [2.75, 3.05) is 12.1 Å². The van der Waals surface area contributed by atoms with Gasteiger partial charge in [0.1, 0.15) is 0 Å². The second-order valence-electron chi connectivity index (χ2n) is 8.93. The Morgan fingerprint density at radius 3 is 2.59 bits per heavy atom. The molecule has 5 nitrogen and oxygen atoms in total. The summed E-state index contributed by atoms with van der Waals surface area (Å²) in [5.74, 6) is 0.697. The SMILES string of the molecule is CC(C)(C)c1cc2ccc(NC(=O)C3(c4ccc5c(c4)OCO5)CC3)c(F)c2[nH]1. The molecule has 2 aromatic carbocycles. The van der Waals surface area contributed by atoms with E-state index in [1.807, 2.05) is 30.3 Å². The molecule has 0 unspecified atom stereocenters. The number of fused-ring (bicyclic) bond motifs is 2. The fourth-order valence-electron chi connectivity index (χ4n) is 3.87. The van der Waals surface area contributed by atoms with E-state index in [9.17, 15) is 4.79 Å². The van der Waals surface area contributed by atoms with Crippen LogP contribution >= 0.6 is 0 Å². The van der Waals surface area contributed by atoms with Crippen LogP contribution in [0.1, 0.15) is 44.9 Å². The first-order valence-electron chi connectivity index (χ1n) is 9.81. The fourth-order valence-corrected chi connectivity index (χ4v) is 3.87. The van der Waals surface area contributed by atoms with Crippen LogP contribution in [0.5, 0.6) is 11.5 Å². The van der Waals surface area contributed by atoms with Crippen LogP contribution in [-0.2, 0) is 15.6 Å². The number of aromatic nitrogens is 1. The molecule has 0 atom stereocenters. The smallest absolute Gasteiger partial charge is 0.235 e. The quantitative estimate of drug-likeness (QED) is 0.657. The van der Waals surface area contributed by atoms with Crippen molar-refractivity contribution < 1.29 is 18.7 Å². The predicted molar refractivity (Wildman–Crippen MR) is 109 cm³/mol. The van der Waals surface area contributed by atoms with Crippen molar-refractivity contribution >= 4 is 22.5 Å². The molecule has 2 N–H and O–H groups in total. The molecule has 3 aromatic rings. The van der Waals surface area contributed by atoms with E-state index in [1.165, 1.54) is 0 Å². The van der Waals surface area contributed by atoms with Gasteiger partial charge in [0, 0.05) is 16.5 Å². The molecule has 150 valence electrons. The van der Waals surface area contributed by atoms with Gasteiger partial charge in [-0.1, -0.05) is 32.9 Å². The minimum atomic E-state index is -0.644. The van der Waals surface area contributed by atoms with E-state index in [4.69, 9.17) is 9.47 Å². The second-order valence-corrected chi connectivity index (χ2v) is 8.93. The molecule has 1 amide bonds. The van der Waals surface area contributed by atoms with Crippen LogP contribution in [0.15, 0.2) is 36.4 Å². The average molecular weight is 394 g/mol. The molecule has 2 aliphatic rings. The molecule has 1 aliphatic carbocycles. The maximum absolute atomic E-state index is 15.1. The minimum Gasteiger partial charge on any atom is -0.454 e. The normalized spacial score (nSPS) is 16.8. The number of ether oxygens (including phenoxy) is 2. The summed E-state index contributed by atoms with van der Waals surface area (Å²) >= 11 is 0. The Kier molecular flexibility index (Phi) is 3.72. The van der Waals surface area contributed by atoms with Gasteiger partial charge in [-0.15, -0.1) is 0 Å². The number of anilines is 1. The number of hydrogen-bond acceptors (Lipinski definition) is 3. The Morgan fingerprint density at radius 1 is 1.10 bits per heavy atom. The molecule has 1 saturated carbocycles. The van der Waals surface area contributed by atoms with E-state index in [-0.39, 0.29) is 23.8 Å². The number of carbonyl (C=O) groups excluding carboxylic acids is 1. The van der Waals surface area contributed by atoms with Gasteiger partial charge >= 0.3 is 0 Å². The Bertz CT molecular complexity index is 1140. The summed E-state index contributed by atoms with van der Waals surface area (Å²) in [6, 6.07) is 11.0. The molecule has 1 aromatic heterocycles. The third-order valence-electron chi connectivity index (χ3n) is 5.90. The highest BCUT2D eigenvalue weighted by Gasteiger charge is 2.51. The van der Waals surface area contributed by atoms with Gasteiger partial charge in [-0.2, -0.15) is 0 Å². The molecule has 0 saturated heterocycles. The lowest BCUT2D eigenvalue weighted by Crippen LogP contribution is -2.28. The van der Waals surface area contributed by atoms with Crippen molar-refractivity contribution in [3.05, 3.63) is 53.5 Å². The number of rotatable bonds is 3. The van der Waals surface area contributed by atoms with Crippen LogP contribution in [-0.4, -0.2) is 17.7 Å². The monoisotopic (exact) mass is 394 g/mol. The first kappa shape index (κ1) is 18.0. The fraction of sp³-hybridized carbons (Fsp3) is 0.348. The van der Waals surface area contributed by atoms with Crippen molar-refractivity contribution in [3.8, 4) is 11.5 Å². The van der Waals surface area contributed by atoms with Crippen LogP contribution in [0.3, 0.4) is 0 Å². The van der Waals surface area contributed by atoms with Crippen LogP contribution < -0.4 is 14.8 Å². The van der Waals surface area contributed by atoms with Crippen molar-refractivity contribution in [1.29, 1.82) is 0 Å². The summed E-state index contributed by atoms with van der Waals surface area (Å²) < 4.78 is 25.9. The number of aromatic amines is 1. The summed E-state index contributed by atoms with van der Waals surface area (Å²) in [5.41, 5.74) is 1.67. The molecule has 2 heterocycles. The van der Waals surface area contributed by atoms with Gasteiger partial charge in [-0.25, -0.2) is 4.39 Å². The van der Waals surface area contributed by atoms with Gasteiger partial charge in [-0.3, -0.25) is 4.79 Å². The molecule has 0 radical (unpaired) electrons. The van der Waals surface area contributed by atoms with Gasteiger partial charge in [-0.05, 0) is 42.7 Å². The van der Waals surface area contributed by atoms with Crippen molar-refractivity contribution in [1.82, 2.24) is 4.98 Å². The predicted octanol–water partition coefficient (Wildman–Crippen LogP) is 5.00. The minimum absolute atomic E-state index is 0.119. The molecular weight excluding hydrogens is 371 g/mol. The van der Waals surface area contributed by atoms with Gasteiger partial charge < -0.3 is 19.8 Å². The third kappa shape index (κ3) is 2.85. The van der Waals surface area contributed by atoms with E-state index < -0.39 is 11.2 Å². The van der Waals surface area contributed by atoms with Crippen molar-refractivity contribution in [2.24, 2.45) is 0 Å². The first-order valence-corrected chi connectivity index (χ1v) is 9.81. The number of hydrogen-bond donors (Lipinski definition) is 2. The number of carbonyl (C=O) groups is 1. The zero-order valence-electron chi connectivity index (χ0n) is 16.7. The van der Waals surface area contributed by atoms with Gasteiger partial charge in [0.15, 0.2) is 17.3 Å². The zero-order chi connectivity index (χ0) is 20.4. The summed E-state index contributed by atoms with van der Waals surface area (Å²) in [6.07, 6.45) is 1.44. The van der Waals surface area contributed by atoms with Crippen LogP contribution in [0.4, 0.5) is 10.1 Å². The third-order valence-corrected chi connectivity index (χ3v) is 5.90. The van der Waals surface area contributed by atoms with E-state index in [0.717, 1.165) is 29.5 Å². The topological polar surface area (TPSA) is 63.4 Å². The number of nitrogens with one attached hydrogen (secondary N) is 2. The Balaban J connectivity index is 1.45. The molecular formula is C23H23FN2O3. The highest BCUT2D eigenvalue weighted by Crippen LogP contribution is 2.51. The summed E-state index contributed by atoms with van der Waals surface area (Å²) in [5, 5.41) is 3.61. The van der Waals surface area contributed by atoms with E-state index in [1.54, 1.807) is 6.07 Å². The largest absolute Gasteiger partial charge is 0.454 e. The first-order chi connectivity index (χ1) is 13.8. The summed E-state index contributed by atoms with van der Waals surface area (Å²) in [4.78, 5) is 16.3. The zero-order valence-corrected chi connectivity index (χ0v) is 16.7. The average Bonchev–Trinajstić information content (AvgIpc) is 3.14. The highest BCUT2D eigenvalue weighted by atomic mass is 19.1. The van der Waals surface area contributed by atoms with Crippen LogP contribution in [0.25, 0.3) is 10.9 Å². The number of H-pyrrole nitrogens is 1. The Labute approximate surface area is 168 Å². The summed E-state index contributed by atoms with van der Waals surface area (Å²) in [6.45, 7) is 6.40. The Hall–Kier alpha value is -3.02. The maximum atomic E-state index is 15.1.